The van der Waals surface area contributed by atoms with Crippen LogP contribution in [0.4, 0.5) is 5.88 Å². The Kier molecular flexibility index (Phi) is 5.45. The zero-order valence-electron chi connectivity index (χ0n) is 15.1. The van der Waals surface area contributed by atoms with Crippen molar-refractivity contribution in [2.75, 3.05) is 5.32 Å². The smallest absolute Gasteiger partial charge is 0.266 e. The molecule has 144 valence electrons. The normalized spacial score (nSPS) is 10.5. The summed E-state index contributed by atoms with van der Waals surface area (Å²) in [5.41, 5.74) is 1.10. The SMILES string of the molecule is N#Cc1nc(-c2ccc(COc3ccccc3Cl)o2)oc1NCc1cccnc1. The minimum absolute atomic E-state index is 0.147. The van der Waals surface area contributed by atoms with Gasteiger partial charge in [0.05, 0.1) is 5.02 Å². The minimum atomic E-state index is 0.147. The van der Waals surface area contributed by atoms with E-state index in [-0.39, 0.29) is 24.1 Å². The Labute approximate surface area is 171 Å². The summed E-state index contributed by atoms with van der Waals surface area (Å²) < 4.78 is 17.1. The molecule has 0 radical (unpaired) electrons. The summed E-state index contributed by atoms with van der Waals surface area (Å²) in [6, 6.07) is 16.4. The first kappa shape index (κ1) is 18.6. The molecule has 4 aromatic rings. The van der Waals surface area contributed by atoms with Gasteiger partial charge in [-0.25, -0.2) is 0 Å². The van der Waals surface area contributed by atoms with Gasteiger partial charge in [0.15, 0.2) is 5.76 Å². The van der Waals surface area contributed by atoms with E-state index in [9.17, 15) is 5.26 Å². The van der Waals surface area contributed by atoms with Gasteiger partial charge in [-0.05, 0) is 35.9 Å². The molecule has 0 unspecified atom stereocenters. The van der Waals surface area contributed by atoms with Crippen LogP contribution >= 0.6 is 11.6 Å². The molecule has 0 saturated carbocycles. The molecule has 3 aromatic heterocycles. The number of aromatic nitrogens is 2. The highest BCUT2D eigenvalue weighted by molar-refractivity contribution is 6.32. The molecule has 8 heteroatoms. The van der Waals surface area contributed by atoms with Crippen molar-refractivity contribution in [3.8, 4) is 23.5 Å². The van der Waals surface area contributed by atoms with Crippen LogP contribution in [0.1, 0.15) is 17.0 Å². The zero-order chi connectivity index (χ0) is 20.1. The highest BCUT2D eigenvalue weighted by atomic mass is 35.5. The molecule has 0 spiro atoms. The van der Waals surface area contributed by atoms with Gasteiger partial charge < -0.3 is 18.9 Å². The molecule has 0 aliphatic rings. The molecule has 0 amide bonds. The third-order valence-electron chi connectivity index (χ3n) is 3.99. The van der Waals surface area contributed by atoms with Crippen molar-refractivity contribution in [1.29, 1.82) is 5.26 Å². The standard InChI is InChI=1S/C21H15ClN4O3/c22-16-5-1-2-6-18(16)27-13-15-7-8-19(28-15)21-26-17(10-23)20(29-21)25-12-14-4-3-9-24-11-14/h1-9,11,25H,12-13H2. The Hall–Kier alpha value is -3.76. The van der Waals surface area contributed by atoms with Crippen molar-refractivity contribution in [3.63, 3.8) is 0 Å². The largest absolute Gasteiger partial charge is 0.484 e. The summed E-state index contributed by atoms with van der Waals surface area (Å²) in [6.07, 6.45) is 3.43. The van der Waals surface area contributed by atoms with Crippen LogP contribution in [-0.2, 0) is 13.2 Å². The van der Waals surface area contributed by atoms with Crippen molar-refractivity contribution in [2.45, 2.75) is 13.2 Å². The average Bonchev–Trinajstić information content (AvgIpc) is 3.39. The molecule has 4 rings (SSSR count). The summed E-state index contributed by atoms with van der Waals surface area (Å²) in [7, 11) is 0. The predicted octanol–water partition coefficient (Wildman–Crippen LogP) is 5.05. The number of pyridine rings is 1. The average molecular weight is 407 g/mol. The lowest BCUT2D eigenvalue weighted by atomic mass is 10.3. The molecule has 0 bridgehead atoms. The van der Waals surface area contributed by atoms with Gasteiger partial charge in [0.25, 0.3) is 5.89 Å². The highest BCUT2D eigenvalue weighted by Crippen LogP contribution is 2.28. The number of hydrogen-bond acceptors (Lipinski definition) is 7. The summed E-state index contributed by atoms with van der Waals surface area (Å²) in [4.78, 5) is 8.25. The third kappa shape index (κ3) is 4.39. The van der Waals surface area contributed by atoms with Crippen molar-refractivity contribution in [2.24, 2.45) is 0 Å². The van der Waals surface area contributed by atoms with Gasteiger partial charge in [0.1, 0.15) is 24.2 Å². The molecule has 0 fully saturated rings. The minimum Gasteiger partial charge on any atom is -0.484 e. The number of oxazole rings is 1. The molecule has 3 heterocycles. The fourth-order valence-electron chi connectivity index (χ4n) is 2.59. The first-order chi connectivity index (χ1) is 14.2. The summed E-state index contributed by atoms with van der Waals surface area (Å²) in [6.45, 7) is 0.647. The number of nitrogens with one attached hydrogen (secondary N) is 1. The molecular weight excluding hydrogens is 392 g/mol. The number of anilines is 1. The molecule has 29 heavy (non-hydrogen) atoms. The Morgan fingerprint density at radius 3 is 2.79 bits per heavy atom. The fraction of sp³-hybridized carbons (Fsp3) is 0.0952. The lowest BCUT2D eigenvalue weighted by Crippen LogP contribution is -1.99. The van der Waals surface area contributed by atoms with E-state index in [1.165, 1.54) is 0 Å². The first-order valence-corrected chi connectivity index (χ1v) is 9.11. The van der Waals surface area contributed by atoms with E-state index in [0.29, 0.717) is 28.8 Å². The van der Waals surface area contributed by atoms with Gasteiger partial charge in [-0.15, -0.1) is 0 Å². The molecule has 1 aromatic carbocycles. The van der Waals surface area contributed by atoms with Crippen molar-refractivity contribution in [1.82, 2.24) is 9.97 Å². The van der Waals surface area contributed by atoms with E-state index in [1.54, 1.807) is 36.7 Å². The van der Waals surface area contributed by atoms with E-state index >= 15 is 0 Å². The van der Waals surface area contributed by atoms with Crippen LogP contribution in [0.15, 0.2) is 69.8 Å². The predicted molar refractivity (Wildman–Crippen MR) is 106 cm³/mol. The number of nitriles is 1. The van der Waals surface area contributed by atoms with Crippen molar-refractivity contribution in [3.05, 3.63) is 83.0 Å². The fourth-order valence-corrected chi connectivity index (χ4v) is 2.78. The van der Waals surface area contributed by atoms with Crippen molar-refractivity contribution < 1.29 is 13.6 Å². The number of halogens is 1. The molecule has 0 atom stereocenters. The lowest BCUT2D eigenvalue weighted by molar-refractivity contribution is 0.271. The Morgan fingerprint density at radius 2 is 2.00 bits per heavy atom. The van der Waals surface area contributed by atoms with Crippen LogP contribution in [0.3, 0.4) is 0 Å². The monoisotopic (exact) mass is 406 g/mol. The first-order valence-electron chi connectivity index (χ1n) is 8.73. The molecule has 0 aliphatic heterocycles. The Morgan fingerprint density at radius 1 is 1.10 bits per heavy atom. The summed E-state index contributed by atoms with van der Waals surface area (Å²) >= 11 is 6.08. The van der Waals surface area contributed by atoms with Gasteiger partial charge in [-0.1, -0.05) is 29.8 Å². The van der Waals surface area contributed by atoms with Gasteiger partial charge in [-0.3, -0.25) is 4.98 Å². The van der Waals surface area contributed by atoms with Crippen LogP contribution in [0.5, 0.6) is 5.75 Å². The van der Waals surface area contributed by atoms with Crippen LogP contribution in [0.2, 0.25) is 5.02 Å². The Bertz CT molecular complexity index is 1150. The maximum atomic E-state index is 9.33. The second kappa shape index (κ2) is 8.50. The van der Waals surface area contributed by atoms with Crippen molar-refractivity contribution >= 4 is 17.5 Å². The summed E-state index contributed by atoms with van der Waals surface area (Å²) in [5.74, 6) is 2.02. The number of hydrogen-bond donors (Lipinski definition) is 1. The molecule has 0 saturated heterocycles. The molecule has 0 aliphatic carbocycles. The molecule has 7 nitrogen and oxygen atoms in total. The maximum absolute atomic E-state index is 9.33. The van der Waals surface area contributed by atoms with E-state index in [2.05, 4.69) is 15.3 Å². The number of furan rings is 1. The Balaban J connectivity index is 1.45. The van der Waals surface area contributed by atoms with Crippen LogP contribution < -0.4 is 10.1 Å². The number of ether oxygens (including phenoxy) is 1. The molecular formula is C21H15ClN4O3. The number of nitrogens with zero attached hydrogens (tertiary/aromatic N) is 3. The lowest BCUT2D eigenvalue weighted by Gasteiger charge is -2.05. The highest BCUT2D eigenvalue weighted by Gasteiger charge is 2.17. The third-order valence-corrected chi connectivity index (χ3v) is 4.30. The van der Waals surface area contributed by atoms with Gasteiger partial charge in [-0.2, -0.15) is 10.2 Å². The van der Waals surface area contributed by atoms with Crippen LogP contribution in [0, 0.1) is 11.3 Å². The number of para-hydroxylation sites is 1. The topological polar surface area (TPSA) is 97.1 Å². The zero-order valence-corrected chi connectivity index (χ0v) is 15.9. The second-order valence-electron chi connectivity index (χ2n) is 6.01. The summed E-state index contributed by atoms with van der Waals surface area (Å²) in [5, 5.41) is 12.9. The van der Waals surface area contributed by atoms with E-state index < -0.39 is 0 Å². The maximum Gasteiger partial charge on any atom is 0.266 e. The quantitative estimate of drug-likeness (QED) is 0.458. The second-order valence-corrected chi connectivity index (χ2v) is 6.42. The van der Waals surface area contributed by atoms with Crippen LogP contribution in [0.25, 0.3) is 11.7 Å². The van der Waals surface area contributed by atoms with Gasteiger partial charge >= 0.3 is 0 Å². The van der Waals surface area contributed by atoms with Gasteiger partial charge in [0, 0.05) is 18.9 Å². The molecule has 1 N–H and O–H groups in total. The van der Waals surface area contributed by atoms with Crippen LogP contribution in [-0.4, -0.2) is 9.97 Å². The van der Waals surface area contributed by atoms with E-state index in [0.717, 1.165) is 5.56 Å². The van der Waals surface area contributed by atoms with E-state index in [1.807, 2.05) is 30.3 Å². The van der Waals surface area contributed by atoms with Gasteiger partial charge in [0.2, 0.25) is 11.6 Å². The van der Waals surface area contributed by atoms with E-state index in [4.69, 9.17) is 25.2 Å². The number of benzene rings is 1. The number of rotatable bonds is 7.